The third-order valence-electron chi connectivity index (χ3n) is 7.06. The van der Waals surface area contributed by atoms with E-state index in [1.807, 2.05) is 30.3 Å². The second-order valence-corrected chi connectivity index (χ2v) is 8.86. The smallest absolute Gasteiger partial charge is 0.220 e. The van der Waals surface area contributed by atoms with E-state index in [9.17, 15) is 9.59 Å². The van der Waals surface area contributed by atoms with Gasteiger partial charge in [0, 0.05) is 24.4 Å². The lowest BCUT2D eigenvalue weighted by atomic mass is 9.48. The van der Waals surface area contributed by atoms with Crippen LogP contribution < -0.4 is 5.32 Å². The zero-order valence-corrected chi connectivity index (χ0v) is 15.2. The molecule has 0 spiro atoms. The van der Waals surface area contributed by atoms with Crippen LogP contribution in [0.5, 0.6) is 0 Å². The van der Waals surface area contributed by atoms with Crippen molar-refractivity contribution in [2.45, 2.75) is 64.3 Å². The summed E-state index contributed by atoms with van der Waals surface area (Å²) >= 11 is 0. The van der Waals surface area contributed by atoms with Crippen molar-refractivity contribution in [1.82, 2.24) is 5.32 Å². The lowest BCUT2D eigenvalue weighted by Crippen LogP contribution is -2.55. The van der Waals surface area contributed by atoms with Crippen molar-refractivity contribution < 1.29 is 9.59 Å². The molecule has 0 heterocycles. The molecule has 25 heavy (non-hydrogen) atoms. The zero-order chi connectivity index (χ0) is 17.4. The number of benzene rings is 1. The van der Waals surface area contributed by atoms with Crippen LogP contribution in [0.15, 0.2) is 30.3 Å². The summed E-state index contributed by atoms with van der Waals surface area (Å²) in [4.78, 5) is 24.6. The van der Waals surface area contributed by atoms with Crippen LogP contribution in [0, 0.1) is 23.2 Å². The molecule has 4 bridgehead atoms. The molecule has 1 amide bonds. The minimum atomic E-state index is 0.0347. The Morgan fingerprint density at radius 2 is 1.56 bits per heavy atom. The van der Waals surface area contributed by atoms with Gasteiger partial charge in [-0.05, 0) is 68.6 Å². The molecule has 1 unspecified atom stereocenters. The summed E-state index contributed by atoms with van der Waals surface area (Å²) in [7, 11) is 0. The molecule has 4 fully saturated rings. The lowest BCUT2D eigenvalue weighted by molar-refractivity contribution is -0.125. The Kier molecular flexibility index (Phi) is 4.43. The molecule has 134 valence electrons. The Bertz CT molecular complexity index is 616. The van der Waals surface area contributed by atoms with E-state index in [1.165, 1.54) is 38.5 Å². The molecule has 1 aromatic carbocycles. The number of Topliss-reactive ketones (excluding diaryl/α,β-unsaturated/α-hetero) is 1. The van der Waals surface area contributed by atoms with E-state index in [4.69, 9.17) is 0 Å². The number of ketones is 1. The second-order valence-electron chi connectivity index (χ2n) is 8.86. The van der Waals surface area contributed by atoms with E-state index in [-0.39, 0.29) is 17.7 Å². The van der Waals surface area contributed by atoms with E-state index in [1.54, 1.807) is 0 Å². The molecule has 0 saturated heterocycles. The Hall–Kier alpha value is -1.64. The fourth-order valence-electron chi connectivity index (χ4n) is 6.17. The van der Waals surface area contributed by atoms with Gasteiger partial charge < -0.3 is 5.32 Å². The van der Waals surface area contributed by atoms with Gasteiger partial charge in [-0.1, -0.05) is 30.3 Å². The Balaban J connectivity index is 1.31. The van der Waals surface area contributed by atoms with Crippen LogP contribution in [0.3, 0.4) is 0 Å². The standard InChI is InChI=1S/C22H29NO2/c1-15(22-12-16-9-17(13-22)11-18(10-16)14-22)23-21(25)8-7-20(24)19-5-3-2-4-6-19/h2-6,15-18H,7-14H2,1H3,(H,23,25). The predicted molar refractivity (Wildman–Crippen MR) is 98.2 cm³/mol. The summed E-state index contributed by atoms with van der Waals surface area (Å²) < 4.78 is 0. The number of hydrogen-bond acceptors (Lipinski definition) is 2. The molecule has 1 atom stereocenters. The van der Waals surface area contributed by atoms with Gasteiger partial charge in [-0.2, -0.15) is 0 Å². The molecular formula is C22H29NO2. The van der Waals surface area contributed by atoms with Crippen LogP contribution in [-0.4, -0.2) is 17.7 Å². The Morgan fingerprint density at radius 1 is 1.00 bits per heavy atom. The van der Waals surface area contributed by atoms with Crippen LogP contribution in [0.2, 0.25) is 0 Å². The van der Waals surface area contributed by atoms with Gasteiger partial charge in [-0.3, -0.25) is 9.59 Å². The van der Waals surface area contributed by atoms with Crippen LogP contribution in [0.1, 0.15) is 68.6 Å². The largest absolute Gasteiger partial charge is 0.353 e. The molecular weight excluding hydrogens is 310 g/mol. The monoisotopic (exact) mass is 339 g/mol. The van der Waals surface area contributed by atoms with Gasteiger partial charge in [-0.15, -0.1) is 0 Å². The average Bonchev–Trinajstić information content (AvgIpc) is 2.59. The molecule has 0 aliphatic heterocycles. The van der Waals surface area contributed by atoms with E-state index in [0.29, 0.717) is 23.8 Å². The van der Waals surface area contributed by atoms with Crippen molar-refractivity contribution in [2.75, 3.05) is 0 Å². The number of carbonyl (C=O) groups excluding carboxylic acids is 2. The van der Waals surface area contributed by atoms with Crippen molar-refractivity contribution in [2.24, 2.45) is 23.2 Å². The molecule has 0 radical (unpaired) electrons. The third kappa shape index (κ3) is 3.38. The minimum Gasteiger partial charge on any atom is -0.353 e. The van der Waals surface area contributed by atoms with E-state index >= 15 is 0 Å². The maximum absolute atomic E-state index is 12.4. The Labute approximate surface area is 150 Å². The topological polar surface area (TPSA) is 46.2 Å². The van der Waals surface area contributed by atoms with Crippen molar-refractivity contribution in [3.63, 3.8) is 0 Å². The summed E-state index contributed by atoms with van der Waals surface area (Å²) in [5, 5.41) is 3.25. The predicted octanol–water partition coefficient (Wildman–Crippen LogP) is 4.37. The quantitative estimate of drug-likeness (QED) is 0.782. The first-order valence-corrected chi connectivity index (χ1v) is 9.92. The normalized spacial score (nSPS) is 33.9. The second kappa shape index (κ2) is 6.59. The van der Waals surface area contributed by atoms with E-state index < -0.39 is 0 Å². The first-order chi connectivity index (χ1) is 12.0. The molecule has 4 aliphatic rings. The van der Waals surface area contributed by atoms with Gasteiger partial charge in [0.25, 0.3) is 0 Å². The van der Waals surface area contributed by atoms with Gasteiger partial charge in [0.15, 0.2) is 5.78 Å². The molecule has 0 aromatic heterocycles. The van der Waals surface area contributed by atoms with Crippen molar-refractivity contribution in [3.8, 4) is 0 Å². The van der Waals surface area contributed by atoms with Crippen LogP contribution in [-0.2, 0) is 4.79 Å². The highest BCUT2D eigenvalue weighted by atomic mass is 16.2. The first kappa shape index (κ1) is 16.8. The van der Waals surface area contributed by atoms with Gasteiger partial charge in [0.05, 0.1) is 0 Å². The number of carbonyl (C=O) groups is 2. The summed E-state index contributed by atoms with van der Waals surface area (Å²) in [5.74, 6) is 2.77. The fourth-order valence-corrected chi connectivity index (χ4v) is 6.17. The Morgan fingerprint density at radius 3 is 2.12 bits per heavy atom. The van der Waals surface area contributed by atoms with E-state index in [2.05, 4.69) is 12.2 Å². The summed E-state index contributed by atoms with van der Waals surface area (Å²) in [6.45, 7) is 2.20. The van der Waals surface area contributed by atoms with Crippen molar-refractivity contribution in [1.29, 1.82) is 0 Å². The number of nitrogens with one attached hydrogen (secondary N) is 1. The van der Waals surface area contributed by atoms with Gasteiger partial charge in [0.2, 0.25) is 5.91 Å². The average molecular weight is 339 g/mol. The van der Waals surface area contributed by atoms with Gasteiger partial charge >= 0.3 is 0 Å². The fraction of sp³-hybridized carbons (Fsp3) is 0.636. The number of hydrogen-bond donors (Lipinski definition) is 1. The summed E-state index contributed by atoms with van der Waals surface area (Å²) in [6.07, 6.45) is 8.74. The van der Waals surface area contributed by atoms with Gasteiger partial charge in [-0.25, -0.2) is 0 Å². The summed E-state index contributed by atoms with van der Waals surface area (Å²) in [6, 6.07) is 9.50. The summed E-state index contributed by atoms with van der Waals surface area (Å²) in [5.41, 5.74) is 1.03. The van der Waals surface area contributed by atoms with Crippen LogP contribution in [0.4, 0.5) is 0 Å². The highest BCUT2D eigenvalue weighted by molar-refractivity contribution is 5.97. The molecule has 4 saturated carbocycles. The molecule has 1 aromatic rings. The van der Waals surface area contributed by atoms with Crippen molar-refractivity contribution in [3.05, 3.63) is 35.9 Å². The highest BCUT2D eigenvalue weighted by Crippen LogP contribution is 2.61. The molecule has 3 nitrogen and oxygen atoms in total. The molecule has 4 aliphatic carbocycles. The zero-order valence-electron chi connectivity index (χ0n) is 15.2. The van der Waals surface area contributed by atoms with Crippen LogP contribution in [0.25, 0.3) is 0 Å². The van der Waals surface area contributed by atoms with Crippen LogP contribution >= 0.6 is 0 Å². The first-order valence-electron chi connectivity index (χ1n) is 9.92. The molecule has 3 heteroatoms. The van der Waals surface area contributed by atoms with Gasteiger partial charge in [0.1, 0.15) is 0 Å². The maximum Gasteiger partial charge on any atom is 0.220 e. The third-order valence-corrected chi connectivity index (χ3v) is 7.06. The molecule has 1 N–H and O–H groups in total. The molecule has 5 rings (SSSR count). The minimum absolute atomic E-state index is 0.0347. The number of amides is 1. The lowest BCUT2D eigenvalue weighted by Gasteiger charge is -2.59. The maximum atomic E-state index is 12.4. The van der Waals surface area contributed by atoms with Crippen molar-refractivity contribution >= 4 is 11.7 Å². The highest BCUT2D eigenvalue weighted by Gasteiger charge is 2.53. The van der Waals surface area contributed by atoms with E-state index in [0.717, 1.165) is 17.8 Å². The SMILES string of the molecule is CC(NC(=O)CCC(=O)c1ccccc1)C12CC3CC(CC(C3)C1)C2. The number of rotatable bonds is 6.